The molecule has 74 valence electrons. The van der Waals surface area contributed by atoms with Crippen molar-refractivity contribution in [3.05, 3.63) is 11.4 Å². The van der Waals surface area contributed by atoms with E-state index < -0.39 is 0 Å². The van der Waals surface area contributed by atoms with E-state index in [-0.39, 0.29) is 0 Å². The predicted molar refractivity (Wildman–Crippen MR) is 63.4 cm³/mol. The molecule has 2 heterocycles. The fourth-order valence-corrected chi connectivity index (χ4v) is 2.79. The summed E-state index contributed by atoms with van der Waals surface area (Å²) >= 11 is 3.35. The second-order valence-corrected chi connectivity index (χ2v) is 4.43. The number of hydrogen-bond acceptors (Lipinski definition) is 5. The third kappa shape index (κ3) is 1.69. The molecule has 14 heavy (non-hydrogen) atoms. The van der Waals surface area contributed by atoms with Crippen molar-refractivity contribution < 1.29 is 0 Å². The van der Waals surface area contributed by atoms with Crippen molar-refractivity contribution in [1.82, 2.24) is 9.97 Å². The van der Waals surface area contributed by atoms with Crippen molar-refractivity contribution in [2.75, 3.05) is 18.1 Å². The molecule has 0 saturated carbocycles. The number of nitrogens with zero attached hydrogens (tertiary/aromatic N) is 2. The first-order chi connectivity index (χ1) is 6.85. The Bertz CT molecular complexity index is 439. The zero-order valence-electron chi connectivity index (χ0n) is 8.07. The predicted octanol–water partition coefficient (Wildman–Crippen LogP) is 2.85. The van der Waals surface area contributed by atoms with Crippen LogP contribution in [0.5, 0.6) is 0 Å². The number of fused-ring (bicyclic) bond motifs is 1. The minimum absolute atomic E-state index is 0.725. The van der Waals surface area contributed by atoms with Crippen LogP contribution in [0.25, 0.3) is 10.2 Å². The summed E-state index contributed by atoms with van der Waals surface area (Å²) in [6, 6.07) is 2.03. The molecule has 0 atom stereocenters. The summed E-state index contributed by atoms with van der Waals surface area (Å²) < 4.78 is 1.18. The van der Waals surface area contributed by atoms with E-state index in [1.54, 1.807) is 23.1 Å². The molecule has 1 N–H and O–H groups in total. The molecule has 0 aliphatic heterocycles. The van der Waals surface area contributed by atoms with E-state index in [9.17, 15) is 0 Å². The van der Waals surface area contributed by atoms with E-state index in [0.29, 0.717) is 0 Å². The second kappa shape index (κ2) is 4.14. The largest absolute Gasteiger partial charge is 0.354 e. The maximum Gasteiger partial charge on any atom is 0.224 e. The van der Waals surface area contributed by atoms with Crippen molar-refractivity contribution in [1.29, 1.82) is 0 Å². The Labute approximate surface area is 91.0 Å². The Morgan fingerprint density at radius 2 is 2.36 bits per heavy atom. The molecule has 2 rings (SSSR count). The molecule has 2 aromatic heterocycles. The molecule has 0 unspecified atom stereocenters. The van der Waals surface area contributed by atoms with Gasteiger partial charge in [-0.25, -0.2) is 9.97 Å². The van der Waals surface area contributed by atoms with Crippen LogP contribution in [0.4, 0.5) is 5.95 Å². The number of thiophene rings is 1. The zero-order valence-corrected chi connectivity index (χ0v) is 9.71. The van der Waals surface area contributed by atoms with Gasteiger partial charge in [0.2, 0.25) is 5.95 Å². The molecule has 0 aliphatic rings. The Hall–Kier alpha value is -0.810. The smallest absolute Gasteiger partial charge is 0.224 e. The lowest BCUT2D eigenvalue weighted by Gasteiger charge is -2.03. The number of anilines is 1. The van der Waals surface area contributed by atoms with Gasteiger partial charge < -0.3 is 5.32 Å². The quantitative estimate of drug-likeness (QED) is 0.644. The highest BCUT2D eigenvalue weighted by Crippen LogP contribution is 2.28. The first-order valence-electron chi connectivity index (χ1n) is 4.38. The minimum Gasteiger partial charge on any atom is -0.354 e. The van der Waals surface area contributed by atoms with Gasteiger partial charge >= 0.3 is 0 Å². The lowest BCUT2D eigenvalue weighted by molar-refractivity contribution is 1.06. The van der Waals surface area contributed by atoms with E-state index in [1.165, 1.54) is 4.70 Å². The lowest BCUT2D eigenvalue weighted by atomic mass is 10.5. The van der Waals surface area contributed by atoms with E-state index in [2.05, 4.69) is 20.7 Å². The molecule has 5 heteroatoms. The molecule has 0 aliphatic carbocycles. The minimum atomic E-state index is 0.725. The van der Waals surface area contributed by atoms with Crippen molar-refractivity contribution in [3.63, 3.8) is 0 Å². The molecule has 0 bridgehead atoms. The van der Waals surface area contributed by atoms with Gasteiger partial charge in [0, 0.05) is 6.54 Å². The summed E-state index contributed by atoms with van der Waals surface area (Å²) in [6.07, 6.45) is 2.04. The molecular weight excluding hydrogens is 214 g/mol. The van der Waals surface area contributed by atoms with Crippen molar-refractivity contribution in [2.45, 2.75) is 11.9 Å². The normalized spacial score (nSPS) is 10.7. The first-order valence-corrected chi connectivity index (χ1v) is 6.48. The lowest BCUT2D eigenvalue weighted by Crippen LogP contribution is -2.02. The average molecular weight is 225 g/mol. The van der Waals surface area contributed by atoms with Crippen molar-refractivity contribution in [3.8, 4) is 0 Å². The van der Waals surface area contributed by atoms with Gasteiger partial charge in [-0.15, -0.1) is 23.1 Å². The first kappa shape index (κ1) is 9.73. The Morgan fingerprint density at radius 1 is 1.50 bits per heavy atom. The molecule has 0 aromatic carbocycles. The number of hydrogen-bond donors (Lipinski definition) is 1. The summed E-state index contributed by atoms with van der Waals surface area (Å²) in [5.41, 5.74) is 1.03. The van der Waals surface area contributed by atoms with Crippen LogP contribution >= 0.6 is 23.1 Å². The van der Waals surface area contributed by atoms with Crippen LogP contribution in [0.1, 0.15) is 6.92 Å². The van der Waals surface area contributed by atoms with Gasteiger partial charge in [-0.2, -0.15) is 0 Å². The van der Waals surface area contributed by atoms with E-state index in [0.717, 1.165) is 23.0 Å². The Morgan fingerprint density at radius 3 is 3.07 bits per heavy atom. The number of aromatic nitrogens is 2. The van der Waals surface area contributed by atoms with Crippen LogP contribution in [0.2, 0.25) is 0 Å². The molecule has 0 amide bonds. The Balaban J connectivity index is 2.55. The Kier molecular flexibility index (Phi) is 2.88. The fraction of sp³-hybridized carbons (Fsp3) is 0.333. The highest BCUT2D eigenvalue weighted by Gasteiger charge is 2.06. The van der Waals surface area contributed by atoms with E-state index in [1.807, 2.05) is 19.2 Å². The standard InChI is InChI=1S/C9H11N3S2/c1-3-10-9-11-6-4-5-14-7(6)8(12-9)13-2/h4-5H,3H2,1-2H3,(H,10,11,12). The van der Waals surface area contributed by atoms with Gasteiger partial charge in [0.15, 0.2) is 0 Å². The zero-order chi connectivity index (χ0) is 9.97. The topological polar surface area (TPSA) is 37.8 Å². The molecular formula is C9H11N3S2. The van der Waals surface area contributed by atoms with Gasteiger partial charge in [-0.1, -0.05) is 0 Å². The summed E-state index contributed by atoms with van der Waals surface area (Å²) in [5, 5.41) is 6.24. The monoisotopic (exact) mass is 225 g/mol. The summed E-state index contributed by atoms with van der Waals surface area (Å²) in [6.45, 7) is 2.89. The van der Waals surface area contributed by atoms with Crippen LogP contribution < -0.4 is 5.32 Å². The van der Waals surface area contributed by atoms with Gasteiger partial charge in [0.1, 0.15) is 5.03 Å². The molecule has 0 saturated heterocycles. The molecule has 0 radical (unpaired) electrons. The third-order valence-electron chi connectivity index (χ3n) is 1.80. The highest BCUT2D eigenvalue weighted by molar-refractivity contribution is 7.98. The van der Waals surface area contributed by atoms with E-state index in [4.69, 9.17) is 0 Å². The average Bonchev–Trinajstić information content (AvgIpc) is 2.65. The van der Waals surface area contributed by atoms with Gasteiger partial charge in [-0.05, 0) is 24.6 Å². The highest BCUT2D eigenvalue weighted by atomic mass is 32.2. The second-order valence-electron chi connectivity index (χ2n) is 2.72. The maximum absolute atomic E-state index is 4.43. The van der Waals surface area contributed by atoms with Gasteiger partial charge in [0.25, 0.3) is 0 Å². The van der Waals surface area contributed by atoms with Crippen molar-refractivity contribution in [2.24, 2.45) is 0 Å². The van der Waals surface area contributed by atoms with Gasteiger partial charge in [0.05, 0.1) is 10.2 Å². The van der Waals surface area contributed by atoms with Crippen LogP contribution in [0.3, 0.4) is 0 Å². The van der Waals surface area contributed by atoms with Gasteiger partial charge in [-0.3, -0.25) is 0 Å². The third-order valence-corrected chi connectivity index (χ3v) is 3.52. The number of thioether (sulfide) groups is 1. The summed E-state index contributed by atoms with van der Waals surface area (Å²) in [5.74, 6) is 0.725. The number of rotatable bonds is 3. The maximum atomic E-state index is 4.43. The molecule has 3 nitrogen and oxygen atoms in total. The van der Waals surface area contributed by atoms with Crippen LogP contribution in [0, 0.1) is 0 Å². The fourth-order valence-electron chi connectivity index (χ4n) is 1.21. The summed E-state index contributed by atoms with van der Waals surface area (Å²) in [4.78, 5) is 8.84. The SMILES string of the molecule is CCNc1nc(SC)c2sccc2n1. The van der Waals surface area contributed by atoms with Crippen LogP contribution in [-0.4, -0.2) is 22.8 Å². The van der Waals surface area contributed by atoms with Crippen LogP contribution in [-0.2, 0) is 0 Å². The van der Waals surface area contributed by atoms with E-state index >= 15 is 0 Å². The molecule has 0 spiro atoms. The van der Waals surface area contributed by atoms with Crippen molar-refractivity contribution >= 4 is 39.3 Å². The molecule has 2 aromatic rings. The molecule has 0 fully saturated rings. The summed E-state index contributed by atoms with van der Waals surface area (Å²) in [7, 11) is 0. The van der Waals surface area contributed by atoms with Crippen LogP contribution in [0.15, 0.2) is 16.5 Å². The number of nitrogens with one attached hydrogen (secondary N) is 1.